The van der Waals surface area contributed by atoms with Gasteiger partial charge in [0, 0.05) is 19.0 Å². The minimum atomic E-state index is 0.488. The Morgan fingerprint density at radius 2 is 2.11 bits per heavy atom. The molecule has 1 N–H and O–H groups in total. The molecule has 5 heteroatoms. The third kappa shape index (κ3) is 2.71. The number of nitrogens with one attached hydrogen (secondary N) is 1. The van der Waals surface area contributed by atoms with Crippen molar-refractivity contribution in [2.24, 2.45) is 0 Å². The molecule has 0 amide bonds. The zero-order chi connectivity index (χ0) is 12.4. The fourth-order valence-electron chi connectivity index (χ4n) is 1.77. The highest BCUT2D eigenvalue weighted by Crippen LogP contribution is 2.26. The number of halogens is 1. The van der Waals surface area contributed by atoms with Crippen molar-refractivity contribution in [3.63, 3.8) is 0 Å². The minimum Gasteiger partial charge on any atom is -0.421 e. The number of benzene rings is 1. The Hall–Kier alpha value is -1.39. The van der Waals surface area contributed by atoms with E-state index in [0.29, 0.717) is 22.8 Å². The van der Waals surface area contributed by atoms with Crippen LogP contribution in [0.1, 0.15) is 18.7 Å². The van der Waals surface area contributed by atoms with E-state index in [1.807, 2.05) is 24.3 Å². The van der Waals surface area contributed by atoms with Gasteiger partial charge in [-0.1, -0.05) is 23.7 Å². The zero-order valence-corrected chi connectivity index (χ0v) is 10.7. The van der Waals surface area contributed by atoms with Crippen molar-refractivity contribution in [1.82, 2.24) is 15.5 Å². The molecular weight excluding hydrogens is 250 g/mol. The predicted molar refractivity (Wildman–Crippen MR) is 69.5 cm³/mol. The maximum Gasteiger partial charge on any atom is 0.249 e. The molecule has 1 aliphatic rings. The molecule has 2 aromatic rings. The smallest absolute Gasteiger partial charge is 0.249 e. The van der Waals surface area contributed by atoms with Crippen LogP contribution in [0.5, 0.6) is 0 Å². The minimum absolute atomic E-state index is 0.488. The lowest BCUT2D eigenvalue weighted by Crippen LogP contribution is -2.19. The van der Waals surface area contributed by atoms with Gasteiger partial charge in [0.15, 0.2) is 0 Å². The predicted octanol–water partition coefficient (Wildman–Crippen LogP) is 2.68. The van der Waals surface area contributed by atoms with E-state index < -0.39 is 0 Å². The van der Waals surface area contributed by atoms with Gasteiger partial charge >= 0.3 is 0 Å². The van der Waals surface area contributed by atoms with Crippen molar-refractivity contribution < 1.29 is 4.42 Å². The lowest BCUT2D eigenvalue weighted by atomic mass is 10.2. The Morgan fingerprint density at radius 3 is 2.89 bits per heavy atom. The summed E-state index contributed by atoms with van der Waals surface area (Å²) in [6, 6.07) is 8.18. The first-order chi connectivity index (χ1) is 8.83. The molecule has 0 atom stereocenters. The average molecular weight is 264 g/mol. The first-order valence-electron chi connectivity index (χ1n) is 6.13. The van der Waals surface area contributed by atoms with Crippen molar-refractivity contribution in [2.75, 3.05) is 6.54 Å². The van der Waals surface area contributed by atoms with E-state index in [-0.39, 0.29) is 0 Å². The van der Waals surface area contributed by atoms with E-state index in [9.17, 15) is 0 Å². The molecule has 0 radical (unpaired) electrons. The maximum absolute atomic E-state index is 6.08. The monoisotopic (exact) mass is 263 g/mol. The summed E-state index contributed by atoms with van der Waals surface area (Å²) in [5, 5.41) is 12.1. The number of aromatic nitrogens is 2. The van der Waals surface area contributed by atoms with E-state index in [1.54, 1.807) is 0 Å². The van der Waals surface area contributed by atoms with Gasteiger partial charge in [-0.2, -0.15) is 0 Å². The zero-order valence-electron chi connectivity index (χ0n) is 9.90. The van der Waals surface area contributed by atoms with Crippen LogP contribution in [-0.2, 0) is 6.42 Å². The fourth-order valence-corrected chi connectivity index (χ4v) is 1.99. The number of hydrogen-bond acceptors (Lipinski definition) is 4. The van der Waals surface area contributed by atoms with E-state index in [2.05, 4.69) is 15.5 Å². The molecule has 0 saturated heterocycles. The summed E-state index contributed by atoms with van der Waals surface area (Å²) in [7, 11) is 0. The Balaban J connectivity index is 1.66. The summed E-state index contributed by atoms with van der Waals surface area (Å²) in [5.41, 5.74) is 0.785. The molecule has 1 aliphatic carbocycles. The second-order valence-electron chi connectivity index (χ2n) is 4.46. The van der Waals surface area contributed by atoms with E-state index in [0.717, 1.165) is 18.5 Å². The van der Waals surface area contributed by atoms with E-state index in [4.69, 9.17) is 16.0 Å². The van der Waals surface area contributed by atoms with Gasteiger partial charge in [0.05, 0.1) is 10.6 Å². The van der Waals surface area contributed by atoms with E-state index >= 15 is 0 Å². The van der Waals surface area contributed by atoms with Crippen LogP contribution in [0, 0.1) is 0 Å². The number of nitrogens with zero attached hydrogens (tertiary/aromatic N) is 2. The lowest BCUT2D eigenvalue weighted by Gasteiger charge is -1.98. The molecule has 18 heavy (non-hydrogen) atoms. The molecule has 1 aromatic heterocycles. The van der Waals surface area contributed by atoms with Gasteiger partial charge in [-0.15, -0.1) is 10.2 Å². The first kappa shape index (κ1) is 11.7. The summed E-state index contributed by atoms with van der Waals surface area (Å²) >= 11 is 6.08. The molecule has 1 fully saturated rings. The third-order valence-corrected chi connectivity index (χ3v) is 3.25. The highest BCUT2D eigenvalue weighted by molar-refractivity contribution is 6.33. The van der Waals surface area contributed by atoms with Crippen molar-refractivity contribution in [3.05, 3.63) is 35.2 Å². The number of rotatable bonds is 5. The van der Waals surface area contributed by atoms with Gasteiger partial charge < -0.3 is 9.73 Å². The molecule has 0 spiro atoms. The standard InChI is InChI=1S/C13H14ClN3O/c14-11-4-2-1-3-10(11)13-17-16-12(18-13)7-8-15-9-5-6-9/h1-4,9,15H,5-8H2. The Kier molecular flexibility index (Phi) is 3.30. The van der Waals surface area contributed by atoms with E-state index in [1.165, 1.54) is 12.8 Å². The van der Waals surface area contributed by atoms with Crippen molar-refractivity contribution in [3.8, 4) is 11.5 Å². The van der Waals surface area contributed by atoms with Crippen LogP contribution < -0.4 is 5.32 Å². The Labute approximate surface area is 110 Å². The van der Waals surface area contributed by atoms with Crippen LogP contribution in [0.3, 0.4) is 0 Å². The van der Waals surface area contributed by atoms with Gasteiger partial charge in [-0.25, -0.2) is 0 Å². The SMILES string of the molecule is Clc1ccccc1-c1nnc(CCNC2CC2)o1. The summed E-state index contributed by atoms with van der Waals surface area (Å²) in [5.74, 6) is 1.14. The first-order valence-corrected chi connectivity index (χ1v) is 6.51. The highest BCUT2D eigenvalue weighted by atomic mass is 35.5. The molecule has 1 aromatic carbocycles. The summed E-state index contributed by atoms with van der Waals surface area (Å²) < 4.78 is 5.61. The van der Waals surface area contributed by atoms with Crippen LogP contribution in [0.2, 0.25) is 5.02 Å². The highest BCUT2D eigenvalue weighted by Gasteiger charge is 2.20. The second-order valence-corrected chi connectivity index (χ2v) is 4.87. The van der Waals surface area contributed by atoms with Crippen LogP contribution in [-0.4, -0.2) is 22.8 Å². The quantitative estimate of drug-likeness (QED) is 0.901. The summed E-state index contributed by atoms with van der Waals surface area (Å²) in [6.07, 6.45) is 3.33. The van der Waals surface area contributed by atoms with Gasteiger partial charge in [-0.3, -0.25) is 0 Å². The van der Waals surface area contributed by atoms with Crippen LogP contribution in [0.15, 0.2) is 28.7 Å². The molecule has 1 saturated carbocycles. The molecule has 1 heterocycles. The van der Waals surface area contributed by atoms with Crippen LogP contribution in [0.25, 0.3) is 11.5 Å². The second kappa shape index (κ2) is 5.08. The summed E-state index contributed by atoms with van der Waals surface area (Å²) in [4.78, 5) is 0. The van der Waals surface area contributed by atoms with Crippen LogP contribution >= 0.6 is 11.6 Å². The third-order valence-electron chi connectivity index (χ3n) is 2.92. The average Bonchev–Trinajstić information content (AvgIpc) is 3.08. The Bertz CT molecular complexity index is 537. The van der Waals surface area contributed by atoms with Gasteiger partial charge in [0.2, 0.25) is 11.8 Å². The van der Waals surface area contributed by atoms with Gasteiger partial charge in [0.25, 0.3) is 0 Å². The fraction of sp³-hybridized carbons (Fsp3) is 0.385. The molecule has 0 aliphatic heterocycles. The normalized spacial score (nSPS) is 14.9. The molecule has 0 bridgehead atoms. The largest absolute Gasteiger partial charge is 0.421 e. The van der Waals surface area contributed by atoms with Crippen molar-refractivity contribution in [2.45, 2.75) is 25.3 Å². The summed E-state index contributed by atoms with van der Waals surface area (Å²) in [6.45, 7) is 0.884. The lowest BCUT2D eigenvalue weighted by molar-refractivity contribution is 0.494. The maximum atomic E-state index is 6.08. The van der Waals surface area contributed by atoms with Gasteiger partial charge in [-0.05, 0) is 25.0 Å². The van der Waals surface area contributed by atoms with Gasteiger partial charge in [0.1, 0.15) is 0 Å². The topological polar surface area (TPSA) is 51.0 Å². The molecule has 4 nitrogen and oxygen atoms in total. The Morgan fingerprint density at radius 1 is 1.28 bits per heavy atom. The molecule has 94 valence electrons. The molecule has 3 rings (SSSR count). The molecule has 0 unspecified atom stereocenters. The van der Waals surface area contributed by atoms with Crippen LogP contribution in [0.4, 0.5) is 0 Å². The molecular formula is C13H14ClN3O. The van der Waals surface area contributed by atoms with Crippen molar-refractivity contribution >= 4 is 11.6 Å². The van der Waals surface area contributed by atoms with Crippen molar-refractivity contribution in [1.29, 1.82) is 0 Å². The number of hydrogen-bond donors (Lipinski definition) is 1.